The minimum absolute atomic E-state index is 0.0386. The number of rotatable bonds is 5. The Morgan fingerprint density at radius 2 is 1.78 bits per heavy atom. The van der Waals surface area contributed by atoms with Crippen LogP contribution in [0.3, 0.4) is 0 Å². The molecule has 3 aliphatic rings. The summed E-state index contributed by atoms with van der Waals surface area (Å²) >= 11 is 0. The van der Waals surface area contributed by atoms with Gasteiger partial charge in [0.1, 0.15) is 19.8 Å². The van der Waals surface area contributed by atoms with Crippen molar-refractivity contribution in [3.05, 3.63) is 42.5 Å². The summed E-state index contributed by atoms with van der Waals surface area (Å²) in [5, 5.41) is 0. The molecule has 2 aromatic rings. The lowest BCUT2D eigenvalue weighted by molar-refractivity contribution is -0.137. The summed E-state index contributed by atoms with van der Waals surface area (Å²) in [7, 11) is 0. The highest BCUT2D eigenvalue weighted by Crippen LogP contribution is 2.36. The SMILES string of the molecule is CCN(CC1COc2ccccc2O1)C(=O)C1CC(=O)N(c2ccc3c(c2)OCCO3)C1. The average molecular weight is 438 g/mol. The summed E-state index contributed by atoms with van der Waals surface area (Å²) in [5.41, 5.74) is 0.721. The molecule has 0 saturated carbocycles. The Bertz CT molecular complexity index is 1030. The fourth-order valence-corrected chi connectivity index (χ4v) is 4.35. The van der Waals surface area contributed by atoms with Gasteiger partial charge in [0.25, 0.3) is 0 Å². The Hall–Kier alpha value is -3.42. The van der Waals surface area contributed by atoms with Crippen LogP contribution in [0, 0.1) is 5.92 Å². The van der Waals surface area contributed by atoms with E-state index in [1.807, 2.05) is 49.4 Å². The van der Waals surface area contributed by atoms with E-state index >= 15 is 0 Å². The van der Waals surface area contributed by atoms with Gasteiger partial charge in [-0.2, -0.15) is 0 Å². The molecule has 32 heavy (non-hydrogen) atoms. The van der Waals surface area contributed by atoms with E-state index in [1.165, 1.54) is 0 Å². The molecule has 2 aromatic carbocycles. The number of hydrogen-bond donors (Lipinski definition) is 0. The maximum atomic E-state index is 13.3. The number of hydrogen-bond acceptors (Lipinski definition) is 6. The summed E-state index contributed by atoms with van der Waals surface area (Å²) in [6.45, 7) is 4.61. The van der Waals surface area contributed by atoms with Crippen LogP contribution < -0.4 is 23.8 Å². The molecule has 1 fully saturated rings. The Kier molecular flexibility index (Phi) is 5.51. The van der Waals surface area contributed by atoms with Gasteiger partial charge in [0.2, 0.25) is 11.8 Å². The third kappa shape index (κ3) is 3.92. The summed E-state index contributed by atoms with van der Waals surface area (Å²) < 4.78 is 23.0. The molecule has 2 amide bonds. The molecule has 8 heteroatoms. The fourth-order valence-electron chi connectivity index (χ4n) is 4.35. The van der Waals surface area contributed by atoms with Crippen LogP contribution in [0.2, 0.25) is 0 Å². The van der Waals surface area contributed by atoms with Crippen molar-refractivity contribution >= 4 is 17.5 Å². The van der Waals surface area contributed by atoms with Crippen molar-refractivity contribution < 1.29 is 28.5 Å². The van der Waals surface area contributed by atoms with Gasteiger partial charge in [-0.15, -0.1) is 0 Å². The average Bonchev–Trinajstić information content (AvgIpc) is 3.23. The second-order valence-electron chi connectivity index (χ2n) is 8.11. The number of ether oxygens (including phenoxy) is 4. The third-order valence-electron chi connectivity index (χ3n) is 6.00. The first-order valence-electron chi connectivity index (χ1n) is 11.0. The van der Waals surface area contributed by atoms with Gasteiger partial charge in [0.15, 0.2) is 29.1 Å². The number of fused-ring (bicyclic) bond motifs is 2. The first kappa shape index (κ1) is 20.5. The Labute approximate surface area is 186 Å². The van der Waals surface area contributed by atoms with Gasteiger partial charge < -0.3 is 28.7 Å². The van der Waals surface area contributed by atoms with Gasteiger partial charge in [-0.1, -0.05) is 12.1 Å². The molecule has 2 unspecified atom stereocenters. The second-order valence-corrected chi connectivity index (χ2v) is 8.11. The minimum atomic E-state index is -0.396. The Morgan fingerprint density at radius 3 is 2.59 bits per heavy atom. The van der Waals surface area contributed by atoms with E-state index in [9.17, 15) is 9.59 Å². The first-order valence-corrected chi connectivity index (χ1v) is 11.0. The number of carbonyl (C=O) groups excluding carboxylic acids is 2. The monoisotopic (exact) mass is 438 g/mol. The maximum absolute atomic E-state index is 13.3. The standard InChI is InChI=1S/C24H26N2O6/c1-2-25(14-18-15-31-19-5-3-4-6-21(19)32-18)24(28)16-11-23(27)26(13-16)17-7-8-20-22(12-17)30-10-9-29-20/h3-8,12,16,18H,2,9-11,13-15H2,1H3. The second kappa shape index (κ2) is 8.61. The normalized spacial score (nSPS) is 21.4. The molecule has 3 aliphatic heterocycles. The van der Waals surface area contributed by atoms with Gasteiger partial charge >= 0.3 is 0 Å². The van der Waals surface area contributed by atoms with Crippen molar-refractivity contribution in [3.8, 4) is 23.0 Å². The van der Waals surface area contributed by atoms with Crippen LogP contribution in [0.25, 0.3) is 0 Å². The molecule has 8 nitrogen and oxygen atoms in total. The summed E-state index contributed by atoms with van der Waals surface area (Å²) in [6, 6.07) is 13.0. The first-order chi connectivity index (χ1) is 15.6. The van der Waals surface area contributed by atoms with E-state index in [0.717, 1.165) is 11.4 Å². The van der Waals surface area contributed by atoms with E-state index in [2.05, 4.69) is 0 Å². The van der Waals surface area contributed by atoms with Crippen molar-refractivity contribution in [1.29, 1.82) is 0 Å². The summed E-state index contributed by atoms with van der Waals surface area (Å²) in [4.78, 5) is 29.4. The molecule has 0 aromatic heterocycles. The largest absolute Gasteiger partial charge is 0.486 e. The van der Waals surface area contributed by atoms with Crippen LogP contribution in [0.5, 0.6) is 23.0 Å². The molecule has 5 rings (SSSR count). The van der Waals surface area contributed by atoms with Gasteiger partial charge in [-0.05, 0) is 31.2 Å². The lowest BCUT2D eigenvalue weighted by Gasteiger charge is -2.32. The molecule has 168 valence electrons. The predicted octanol–water partition coefficient (Wildman–Crippen LogP) is 2.50. The van der Waals surface area contributed by atoms with Crippen molar-refractivity contribution in [2.24, 2.45) is 5.92 Å². The number of para-hydroxylation sites is 2. The summed E-state index contributed by atoms with van der Waals surface area (Å²) in [6.07, 6.45) is -0.0611. The maximum Gasteiger partial charge on any atom is 0.228 e. The van der Waals surface area contributed by atoms with Crippen LogP contribution in [0.1, 0.15) is 13.3 Å². The smallest absolute Gasteiger partial charge is 0.228 e. The van der Waals surface area contributed by atoms with Crippen LogP contribution in [-0.4, -0.2) is 62.3 Å². The van der Waals surface area contributed by atoms with Crippen molar-refractivity contribution in [2.75, 3.05) is 44.4 Å². The Balaban J connectivity index is 1.24. The summed E-state index contributed by atoms with van der Waals surface area (Å²) in [5.74, 6) is 2.20. The molecular formula is C24H26N2O6. The molecule has 0 N–H and O–H groups in total. The number of likely N-dealkylation sites (N-methyl/N-ethyl adjacent to an activating group) is 1. The van der Waals surface area contributed by atoms with Gasteiger partial charge in [0.05, 0.1) is 12.5 Å². The van der Waals surface area contributed by atoms with E-state index in [-0.39, 0.29) is 24.3 Å². The van der Waals surface area contributed by atoms with E-state index < -0.39 is 5.92 Å². The number of benzene rings is 2. The molecular weight excluding hydrogens is 412 g/mol. The molecule has 0 radical (unpaired) electrons. The van der Waals surface area contributed by atoms with Crippen LogP contribution in [0.4, 0.5) is 5.69 Å². The molecule has 0 spiro atoms. The molecule has 2 atom stereocenters. The number of amides is 2. The number of anilines is 1. The van der Waals surface area contributed by atoms with Crippen LogP contribution >= 0.6 is 0 Å². The van der Waals surface area contributed by atoms with Crippen molar-refractivity contribution in [2.45, 2.75) is 19.4 Å². The molecule has 0 aliphatic carbocycles. The van der Waals surface area contributed by atoms with Gasteiger partial charge in [-0.3, -0.25) is 9.59 Å². The van der Waals surface area contributed by atoms with E-state index in [1.54, 1.807) is 9.80 Å². The van der Waals surface area contributed by atoms with Crippen molar-refractivity contribution in [1.82, 2.24) is 4.90 Å². The lowest BCUT2D eigenvalue weighted by Crippen LogP contribution is -2.46. The third-order valence-corrected chi connectivity index (χ3v) is 6.00. The van der Waals surface area contributed by atoms with E-state index in [4.69, 9.17) is 18.9 Å². The fraction of sp³-hybridized carbons (Fsp3) is 0.417. The molecule has 1 saturated heterocycles. The number of carbonyl (C=O) groups is 2. The minimum Gasteiger partial charge on any atom is -0.486 e. The zero-order chi connectivity index (χ0) is 22.1. The highest BCUT2D eigenvalue weighted by Gasteiger charge is 2.38. The number of nitrogens with zero attached hydrogens (tertiary/aromatic N) is 2. The van der Waals surface area contributed by atoms with Gasteiger partial charge in [0, 0.05) is 31.3 Å². The zero-order valence-corrected chi connectivity index (χ0v) is 18.0. The Morgan fingerprint density at radius 1 is 1.03 bits per heavy atom. The van der Waals surface area contributed by atoms with Crippen LogP contribution in [0.15, 0.2) is 42.5 Å². The molecule has 3 heterocycles. The predicted molar refractivity (Wildman–Crippen MR) is 116 cm³/mol. The quantitative estimate of drug-likeness (QED) is 0.714. The zero-order valence-electron chi connectivity index (χ0n) is 18.0. The van der Waals surface area contributed by atoms with Crippen molar-refractivity contribution in [3.63, 3.8) is 0 Å². The highest BCUT2D eigenvalue weighted by atomic mass is 16.6. The lowest BCUT2D eigenvalue weighted by atomic mass is 10.1. The van der Waals surface area contributed by atoms with Gasteiger partial charge in [-0.25, -0.2) is 0 Å². The molecule has 0 bridgehead atoms. The highest BCUT2D eigenvalue weighted by molar-refractivity contribution is 6.00. The van der Waals surface area contributed by atoms with E-state index in [0.29, 0.717) is 56.7 Å². The topological polar surface area (TPSA) is 77.5 Å². The van der Waals surface area contributed by atoms with Crippen LogP contribution in [-0.2, 0) is 9.59 Å².